The summed E-state index contributed by atoms with van der Waals surface area (Å²) in [4.78, 5) is 15.5. The maximum absolute atomic E-state index is 12.0. The number of carbonyl (C=O) groups is 1. The Morgan fingerprint density at radius 2 is 2.29 bits per heavy atom. The number of nitrogens with zero attached hydrogens (tertiary/aromatic N) is 1. The molecule has 0 saturated heterocycles. The maximum Gasteiger partial charge on any atom is 0.255 e. The van der Waals surface area contributed by atoms with Crippen molar-refractivity contribution in [3.05, 3.63) is 24.0 Å². The number of anilines is 1. The van der Waals surface area contributed by atoms with E-state index in [0.29, 0.717) is 17.8 Å². The van der Waals surface area contributed by atoms with Crippen molar-refractivity contribution in [3.63, 3.8) is 0 Å². The molecule has 1 aromatic heterocycles. The Hall–Kier alpha value is -1.72. The zero-order valence-corrected chi connectivity index (χ0v) is 9.54. The van der Waals surface area contributed by atoms with Crippen LogP contribution >= 0.6 is 0 Å². The zero-order chi connectivity index (χ0) is 12.7. The molecule has 4 nitrogen and oxygen atoms in total. The number of rotatable bonds is 6. The van der Waals surface area contributed by atoms with Gasteiger partial charge in [-0.25, -0.2) is 8.78 Å². The van der Waals surface area contributed by atoms with Crippen molar-refractivity contribution >= 4 is 11.6 Å². The molecule has 6 heteroatoms. The second-order valence-electron chi connectivity index (χ2n) is 3.45. The summed E-state index contributed by atoms with van der Waals surface area (Å²) in [6.07, 6.45) is 1.31. The molecule has 0 saturated carbocycles. The summed E-state index contributed by atoms with van der Waals surface area (Å²) in [5.41, 5.74) is 0.884. The molecule has 0 aliphatic rings. The van der Waals surface area contributed by atoms with Crippen LogP contribution in [-0.4, -0.2) is 30.4 Å². The minimum absolute atomic E-state index is 0.328. The summed E-state index contributed by atoms with van der Waals surface area (Å²) in [7, 11) is 0. The van der Waals surface area contributed by atoms with Gasteiger partial charge in [0.25, 0.3) is 12.3 Å². The van der Waals surface area contributed by atoms with Crippen LogP contribution in [0.1, 0.15) is 23.7 Å². The van der Waals surface area contributed by atoms with Gasteiger partial charge >= 0.3 is 0 Å². The number of carbonyl (C=O) groups excluding carboxylic acids is 1. The predicted octanol–water partition coefficient (Wildman–Crippen LogP) is 1.90. The lowest BCUT2D eigenvalue weighted by atomic mass is 10.2. The van der Waals surface area contributed by atoms with Gasteiger partial charge in [0.2, 0.25) is 0 Å². The summed E-state index contributed by atoms with van der Waals surface area (Å²) in [5, 5.41) is 5.18. The quantitative estimate of drug-likeness (QED) is 0.802. The van der Waals surface area contributed by atoms with Crippen LogP contribution in [0.4, 0.5) is 14.5 Å². The number of nitrogens with one attached hydrogen (secondary N) is 2. The molecule has 0 aromatic carbocycles. The summed E-state index contributed by atoms with van der Waals surface area (Å²) < 4.78 is 23.9. The van der Waals surface area contributed by atoms with Crippen molar-refractivity contribution in [1.82, 2.24) is 10.3 Å². The Balaban J connectivity index is 2.70. The van der Waals surface area contributed by atoms with Crippen LogP contribution in [0.25, 0.3) is 0 Å². The Labute approximate surface area is 98.4 Å². The molecule has 1 heterocycles. The molecule has 0 atom stereocenters. The first-order chi connectivity index (χ1) is 8.15. The topological polar surface area (TPSA) is 54.0 Å². The van der Waals surface area contributed by atoms with E-state index in [1.165, 1.54) is 18.5 Å². The third-order valence-electron chi connectivity index (χ3n) is 2.05. The fourth-order valence-corrected chi connectivity index (χ4v) is 1.26. The average Bonchev–Trinajstić information content (AvgIpc) is 2.33. The van der Waals surface area contributed by atoms with Crippen LogP contribution in [0.3, 0.4) is 0 Å². The van der Waals surface area contributed by atoms with E-state index in [-0.39, 0.29) is 0 Å². The number of amides is 1. The minimum atomic E-state index is -2.55. The highest BCUT2D eigenvalue weighted by Crippen LogP contribution is 2.13. The fourth-order valence-electron chi connectivity index (χ4n) is 1.26. The molecule has 0 bridgehead atoms. The van der Waals surface area contributed by atoms with Crippen molar-refractivity contribution in [3.8, 4) is 0 Å². The lowest BCUT2D eigenvalue weighted by Gasteiger charge is -2.10. The number of hydrogen-bond acceptors (Lipinski definition) is 3. The monoisotopic (exact) mass is 243 g/mol. The van der Waals surface area contributed by atoms with Gasteiger partial charge in [0.15, 0.2) is 0 Å². The van der Waals surface area contributed by atoms with Crippen molar-refractivity contribution in [2.45, 2.75) is 19.8 Å². The summed E-state index contributed by atoms with van der Waals surface area (Å²) in [6.45, 7) is 2.04. The van der Waals surface area contributed by atoms with Gasteiger partial charge in [-0.15, -0.1) is 0 Å². The Morgan fingerprint density at radius 3 is 2.94 bits per heavy atom. The first-order valence-corrected chi connectivity index (χ1v) is 5.39. The van der Waals surface area contributed by atoms with Crippen molar-refractivity contribution < 1.29 is 13.6 Å². The largest absolute Gasteiger partial charge is 0.383 e. The lowest BCUT2D eigenvalue weighted by Crippen LogP contribution is -2.29. The van der Waals surface area contributed by atoms with E-state index in [9.17, 15) is 13.6 Å². The van der Waals surface area contributed by atoms with E-state index in [2.05, 4.69) is 15.6 Å². The van der Waals surface area contributed by atoms with E-state index >= 15 is 0 Å². The van der Waals surface area contributed by atoms with Gasteiger partial charge in [0, 0.05) is 12.7 Å². The number of hydrogen-bond donors (Lipinski definition) is 2. The summed E-state index contributed by atoms with van der Waals surface area (Å²) in [5.74, 6) is -0.522. The SMILES string of the molecule is CCCNc1cnccc1C(=O)NCC(F)F. The van der Waals surface area contributed by atoms with Crippen LogP contribution in [0.15, 0.2) is 18.5 Å². The average molecular weight is 243 g/mol. The standard InChI is InChI=1S/C11H15F2N3O/c1-2-4-15-9-6-14-5-3-8(9)11(17)16-7-10(12)13/h3,5-6,10,15H,2,4,7H2,1H3,(H,16,17). The van der Waals surface area contributed by atoms with E-state index in [1.807, 2.05) is 6.92 Å². The van der Waals surface area contributed by atoms with Gasteiger partial charge in [0.05, 0.1) is 24.0 Å². The highest BCUT2D eigenvalue weighted by Gasteiger charge is 2.12. The molecule has 94 valence electrons. The maximum atomic E-state index is 12.0. The zero-order valence-electron chi connectivity index (χ0n) is 9.54. The molecule has 1 rings (SSSR count). The molecule has 1 amide bonds. The second kappa shape index (κ2) is 6.78. The summed E-state index contributed by atoms with van der Waals surface area (Å²) in [6, 6.07) is 1.50. The van der Waals surface area contributed by atoms with Crippen molar-refractivity contribution in [1.29, 1.82) is 0 Å². The molecule has 0 aliphatic heterocycles. The Morgan fingerprint density at radius 1 is 1.53 bits per heavy atom. The number of aromatic nitrogens is 1. The van der Waals surface area contributed by atoms with E-state index in [1.54, 1.807) is 0 Å². The van der Waals surface area contributed by atoms with Gasteiger partial charge < -0.3 is 10.6 Å². The van der Waals surface area contributed by atoms with Crippen LogP contribution < -0.4 is 10.6 Å². The van der Waals surface area contributed by atoms with Crippen molar-refractivity contribution in [2.24, 2.45) is 0 Å². The molecule has 0 radical (unpaired) electrons. The number of halogens is 2. The van der Waals surface area contributed by atoms with E-state index < -0.39 is 18.9 Å². The van der Waals surface area contributed by atoms with Gasteiger partial charge in [-0.05, 0) is 12.5 Å². The first kappa shape index (κ1) is 13.3. The minimum Gasteiger partial charge on any atom is -0.383 e. The molecular formula is C11H15F2N3O. The van der Waals surface area contributed by atoms with Crippen molar-refractivity contribution in [2.75, 3.05) is 18.4 Å². The number of pyridine rings is 1. The fraction of sp³-hybridized carbons (Fsp3) is 0.455. The van der Waals surface area contributed by atoms with E-state index in [4.69, 9.17) is 0 Å². The summed E-state index contributed by atoms with van der Waals surface area (Å²) >= 11 is 0. The first-order valence-electron chi connectivity index (χ1n) is 5.39. The van der Waals surface area contributed by atoms with Gasteiger partial charge in [-0.2, -0.15) is 0 Å². The highest BCUT2D eigenvalue weighted by atomic mass is 19.3. The molecule has 0 spiro atoms. The molecule has 1 aromatic rings. The van der Waals surface area contributed by atoms with Crippen LogP contribution in [0, 0.1) is 0 Å². The molecule has 0 aliphatic carbocycles. The predicted molar refractivity (Wildman–Crippen MR) is 61.4 cm³/mol. The molecule has 2 N–H and O–H groups in total. The normalized spacial score (nSPS) is 10.4. The third kappa shape index (κ3) is 4.34. The molecule has 0 unspecified atom stereocenters. The van der Waals surface area contributed by atoms with Crippen LogP contribution in [0.2, 0.25) is 0 Å². The van der Waals surface area contributed by atoms with Crippen LogP contribution in [0.5, 0.6) is 0 Å². The Bertz CT molecular complexity index is 371. The van der Waals surface area contributed by atoms with Gasteiger partial charge in [-0.1, -0.05) is 6.92 Å². The highest BCUT2D eigenvalue weighted by molar-refractivity contribution is 5.99. The second-order valence-corrected chi connectivity index (χ2v) is 3.45. The molecule has 17 heavy (non-hydrogen) atoms. The Kier molecular flexibility index (Phi) is 5.32. The van der Waals surface area contributed by atoms with Gasteiger partial charge in [-0.3, -0.25) is 9.78 Å². The van der Waals surface area contributed by atoms with Gasteiger partial charge in [0.1, 0.15) is 0 Å². The lowest BCUT2D eigenvalue weighted by molar-refractivity contribution is 0.0892. The molecular weight excluding hydrogens is 228 g/mol. The van der Waals surface area contributed by atoms with E-state index in [0.717, 1.165) is 6.42 Å². The molecule has 0 fully saturated rings. The smallest absolute Gasteiger partial charge is 0.255 e. The van der Waals surface area contributed by atoms with Crippen LogP contribution in [-0.2, 0) is 0 Å². The number of alkyl halides is 2. The third-order valence-corrected chi connectivity index (χ3v) is 2.05.